The van der Waals surface area contributed by atoms with Gasteiger partial charge in [-0.15, -0.1) is 0 Å². The summed E-state index contributed by atoms with van der Waals surface area (Å²) < 4.78 is 10.9. The average Bonchev–Trinajstić information content (AvgIpc) is 2.76. The lowest BCUT2D eigenvalue weighted by atomic mass is 10.2. The number of hydrogen-bond donors (Lipinski definition) is 2. The Labute approximate surface area is 180 Å². The summed E-state index contributed by atoms with van der Waals surface area (Å²) >= 11 is 0. The van der Waals surface area contributed by atoms with Gasteiger partial charge in [-0.05, 0) is 67.6 Å². The van der Waals surface area contributed by atoms with Crippen LogP contribution in [0.5, 0.6) is 11.5 Å². The topological polar surface area (TPSA) is 93.7 Å². The van der Waals surface area contributed by atoms with Gasteiger partial charge in [0.05, 0.1) is 5.56 Å². The molecule has 3 rings (SSSR count). The first-order chi connectivity index (χ1) is 14.9. The van der Waals surface area contributed by atoms with Crippen LogP contribution in [0.25, 0.3) is 0 Å². The molecule has 7 heteroatoms. The first kappa shape index (κ1) is 21.6. The van der Waals surface area contributed by atoms with Crippen LogP contribution in [-0.4, -0.2) is 23.9 Å². The molecule has 0 aliphatic carbocycles. The lowest BCUT2D eigenvalue weighted by molar-refractivity contribution is -0.123. The van der Waals surface area contributed by atoms with Gasteiger partial charge in [0.25, 0.3) is 5.91 Å². The van der Waals surface area contributed by atoms with E-state index in [0.29, 0.717) is 28.4 Å². The maximum atomic E-state index is 12.3. The van der Waals surface area contributed by atoms with Crippen LogP contribution in [0.1, 0.15) is 24.2 Å². The van der Waals surface area contributed by atoms with Crippen LogP contribution in [0.3, 0.4) is 0 Å². The Balaban J connectivity index is 1.53. The maximum absolute atomic E-state index is 12.3. The van der Waals surface area contributed by atoms with Crippen LogP contribution in [0.4, 0.5) is 11.4 Å². The van der Waals surface area contributed by atoms with E-state index in [0.717, 1.165) is 0 Å². The zero-order valence-corrected chi connectivity index (χ0v) is 17.1. The van der Waals surface area contributed by atoms with E-state index >= 15 is 0 Å². The van der Waals surface area contributed by atoms with Crippen molar-refractivity contribution in [2.45, 2.75) is 20.0 Å². The Morgan fingerprint density at radius 3 is 1.87 bits per heavy atom. The van der Waals surface area contributed by atoms with E-state index in [-0.39, 0.29) is 5.91 Å². The minimum Gasteiger partial charge on any atom is -0.457 e. The Morgan fingerprint density at radius 1 is 0.742 bits per heavy atom. The van der Waals surface area contributed by atoms with E-state index in [1.54, 1.807) is 48.5 Å². The number of rotatable bonds is 7. The fourth-order valence-electron chi connectivity index (χ4n) is 2.65. The molecular weight excluding hydrogens is 396 g/mol. The molecule has 0 unspecified atom stereocenters. The first-order valence-corrected chi connectivity index (χ1v) is 9.63. The number of amides is 2. The van der Waals surface area contributed by atoms with Gasteiger partial charge in [-0.2, -0.15) is 0 Å². The third-order valence-electron chi connectivity index (χ3n) is 4.19. The van der Waals surface area contributed by atoms with E-state index in [4.69, 9.17) is 9.47 Å². The second-order valence-corrected chi connectivity index (χ2v) is 6.73. The van der Waals surface area contributed by atoms with Gasteiger partial charge in [0.2, 0.25) is 5.91 Å². The predicted molar refractivity (Wildman–Crippen MR) is 117 cm³/mol. The average molecular weight is 418 g/mol. The van der Waals surface area contributed by atoms with Gasteiger partial charge in [-0.25, -0.2) is 4.79 Å². The van der Waals surface area contributed by atoms with Gasteiger partial charge in [-0.1, -0.05) is 18.2 Å². The number of benzene rings is 3. The number of ether oxygens (including phenoxy) is 2. The molecule has 0 bridgehead atoms. The number of carbonyl (C=O) groups excluding carboxylic acids is 3. The number of anilines is 2. The van der Waals surface area contributed by atoms with Crippen LogP contribution < -0.4 is 15.4 Å². The minimum atomic E-state index is -0.997. The predicted octanol–water partition coefficient (Wildman–Crippen LogP) is 4.62. The Bertz CT molecular complexity index is 1050. The molecule has 0 spiro atoms. The van der Waals surface area contributed by atoms with Gasteiger partial charge >= 0.3 is 5.97 Å². The second-order valence-electron chi connectivity index (χ2n) is 6.73. The Kier molecular flexibility index (Phi) is 7.01. The van der Waals surface area contributed by atoms with Crippen molar-refractivity contribution in [2.24, 2.45) is 0 Å². The molecular formula is C24H22N2O5. The summed E-state index contributed by atoms with van der Waals surface area (Å²) in [6, 6.07) is 22.4. The zero-order chi connectivity index (χ0) is 22.2. The molecule has 0 saturated heterocycles. The first-order valence-electron chi connectivity index (χ1n) is 9.63. The van der Waals surface area contributed by atoms with Crippen molar-refractivity contribution in [3.63, 3.8) is 0 Å². The molecule has 0 radical (unpaired) electrons. The van der Waals surface area contributed by atoms with Gasteiger partial charge < -0.3 is 20.1 Å². The molecule has 0 aliphatic heterocycles. The van der Waals surface area contributed by atoms with E-state index in [9.17, 15) is 14.4 Å². The fourth-order valence-corrected chi connectivity index (χ4v) is 2.65. The van der Waals surface area contributed by atoms with Crippen molar-refractivity contribution < 1.29 is 23.9 Å². The zero-order valence-electron chi connectivity index (χ0n) is 17.1. The van der Waals surface area contributed by atoms with E-state index in [1.165, 1.54) is 13.8 Å². The highest BCUT2D eigenvalue weighted by molar-refractivity contribution is 5.97. The molecule has 0 aliphatic rings. The molecule has 0 heterocycles. The molecule has 31 heavy (non-hydrogen) atoms. The van der Waals surface area contributed by atoms with Crippen molar-refractivity contribution in [1.82, 2.24) is 0 Å². The summed E-state index contributed by atoms with van der Waals surface area (Å²) in [5.74, 6) is 0.000958. The summed E-state index contributed by atoms with van der Waals surface area (Å²) in [5, 5.41) is 5.31. The quantitative estimate of drug-likeness (QED) is 0.546. The summed E-state index contributed by atoms with van der Waals surface area (Å²) in [6.45, 7) is 2.90. The van der Waals surface area contributed by atoms with Crippen molar-refractivity contribution in [3.05, 3.63) is 84.4 Å². The lowest BCUT2D eigenvalue weighted by Gasteiger charge is -2.14. The maximum Gasteiger partial charge on any atom is 0.338 e. The lowest BCUT2D eigenvalue weighted by Crippen LogP contribution is -2.30. The van der Waals surface area contributed by atoms with Crippen molar-refractivity contribution in [2.75, 3.05) is 10.6 Å². The third kappa shape index (κ3) is 6.43. The molecule has 0 saturated carbocycles. The van der Waals surface area contributed by atoms with E-state index < -0.39 is 18.0 Å². The van der Waals surface area contributed by atoms with Gasteiger partial charge in [0.15, 0.2) is 6.10 Å². The van der Waals surface area contributed by atoms with Gasteiger partial charge in [0.1, 0.15) is 11.5 Å². The van der Waals surface area contributed by atoms with Crippen LogP contribution >= 0.6 is 0 Å². The molecule has 3 aromatic carbocycles. The van der Waals surface area contributed by atoms with Crippen LogP contribution in [0, 0.1) is 0 Å². The highest BCUT2D eigenvalue weighted by atomic mass is 16.5. The molecule has 1 atom stereocenters. The van der Waals surface area contributed by atoms with Crippen LogP contribution in [-0.2, 0) is 14.3 Å². The molecule has 3 aromatic rings. The molecule has 7 nitrogen and oxygen atoms in total. The summed E-state index contributed by atoms with van der Waals surface area (Å²) in [5.41, 5.74) is 1.44. The normalized spacial score (nSPS) is 11.2. The molecule has 2 N–H and O–H groups in total. The van der Waals surface area contributed by atoms with Crippen LogP contribution in [0.2, 0.25) is 0 Å². The number of nitrogens with one attached hydrogen (secondary N) is 2. The number of para-hydroxylation sites is 1. The largest absolute Gasteiger partial charge is 0.457 e. The third-order valence-corrected chi connectivity index (χ3v) is 4.19. The molecule has 2 amide bonds. The highest BCUT2D eigenvalue weighted by Gasteiger charge is 2.19. The standard InChI is InChI=1S/C24H22N2O5/c1-16(23(28)26-20-12-10-19(11-13-20)25-17(2)27)30-24(29)18-8-14-22(15-9-18)31-21-6-4-3-5-7-21/h3-16H,1-2H3,(H,25,27)(H,26,28)/t16-/m1/s1. The smallest absolute Gasteiger partial charge is 0.338 e. The Morgan fingerprint density at radius 2 is 1.29 bits per heavy atom. The SMILES string of the molecule is CC(=O)Nc1ccc(NC(=O)[C@@H](C)OC(=O)c2ccc(Oc3ccccc3)cc2)cc1. The summed E-state index contributed by atoms with van der Waals surface area (Å²) in [6.07, 6.45) is -0.997. The second kappa shape index (κ2) is 10.1. The van der Waals surface area contributed by atoms with Crippen molar-refractivity contribution in [3.8, 4) is 11.5 Å². The monoisotopic (exact) mass is 418 g/mol. The number of hydrogen-bond acceptors (Lipinski definition) is 5. The van der Waals surface area contributed by atoms with Crippen molar-refractivity contribution in [1.29, 1.82) is 0 Å². The van der Waals surface area contributed by atoms with Gasteiger partial charge in [0, 0.05) is 18.3 Å². The summed E-state index contributed by atoms with van der Waals surface area (Å²) in [7, 11) is 0. The van der Waals surface area contributed by atoms with Crippen LogP contribution in [0.15, 0.2) is 78.9 Å². The molecule has 0 aromatic heterocycles. The van der Waals surface area contributed by atoms with Crippen molar-refractivity contribution >= 4 is 29.2 Å². The highest BCUT2D eigenvalue weighted by Crippen LogP contribution is 2.21. The van der Waals surface area contributed by atoms with E-state index in [1.807, 2.05) is 30.3 Å². The van der Waals surface area contributed by atoms with E-state index in [2.05, 4.69) is 10.6 Å². The van der Waals surface area contributed by atoms with Gasteiger partial charge in [-0.3, -0.25) is 9.59 Å². The molecule has 0 fully saturated rings. The Hall–Kier alpha value is -4.13. The fraction of sp³-hybridized carbons (Fsp3) is 0.125. The number of carbonyl (C=O) groups is 3. The number of esters is 1. The summed E-state index contributed by atoms with van der Waals surface area (Å²) in [4.78, 5) is 35.7. The minimum absolute atomic E-state index is 0.183. The molecule has 158 valence electrons.